The first-order valence-electron chi connectivity index (χ1n) is 3.60. The zero-order valence-electron chi connectivity index (χ0n) is 7.01. The highest BCUT2D eigenvalue weighted by atomic mass is 19.3. The van der Waals surface area contributed by atoms with Crippen LogP contribution in [-0.2, 0) is 13.6 Å². The first-order valence-corrected chi connectivity index (χ1v) is 3.60. The molecule has 1 heterocycles. The number of hydrogen-bond donors (Lipinski definition) is 1. The second-order valence-corrected chi connectivity index (χ2v) is 2.51. The van der Waals surface area contributed by atoms with Crippen molar-refractivity contribution in [1.29, 1.82) is 0 Å². The van der Waals surface area contributed by atoms with Gasteiger partial charge in [0.15, 0.2) is 0 Å². The quantitative estimate of drug-likeness (QED) is 0.744. The molecule has 0 aliphatic rings. The summed E-state index contributed by atoms with van der Waals surface area (Å²) in [5, 5.41) is 6.56. The van der Waals surface area contributed by atoms with E-state index in [4.69, 9.17) is 0 Å². The second-order valence-electron chi connectivity index (χ2n) is 2.51. The van der Waals surface area contributed by atoms with E-state index in [0.29, 0.717) is 12.1 Å². The normalized spacial score (nSPS) is 11.1. The maximum absolute atomic E-state index is 12.4. The van der Waals surface area contributed by atoms with E-state index < -0.39 is 6.43 Å². The Morgan fingerprint density at radius 3 is 2.83 bits per heavy atom. The Balaban J connectivity index is 2.95. The molecule has 1 N–H and O–H groups in total. The number of hydrogen-bond acceptors (Lipinski definition) is 2. The first kappa shape index (κ1) is 9.12. The number of aryl methyl sites for hydroxylation is 1. The van der Waals surface area contributed by atoms with Crippen LogP contribution < -0.4 is 5.32 Å². The molecule has 0 radical (unpaired) electrons. The van der Waals surface area contributed by atoms with Crippen LogP contribution >= 0.6 is 0 Å². The molecule has 0 bridgehead atoms. The average molecular weight is 175 g/mol. The van der Waals surface area contributed by atoms with E-state index >= 15 is 0 Å². The highest BCUT2D eigenvalue weighted by Gasteiger charge is 2.16. The summed E-state index contributed by atoms with van der Waals surface area (Å²) < 4.78 is 25.9. The molecule has 0 aliphatic heterocycles. The third-order valence-corrected chi connectivity index (χ3v) is 1.64. The molecular weight excluding hydrogens is 164 g/mol. The van der Waals surface area contributed by atoms with Gasteiger partial charge in [0.05, 0.1) is 6.20 Å². The maximum Gasteiger partial charge on any atom is 0.280 e. The molecule has 0 unspecified atom stereocenters. The molecule has 0 aromatic carbocycles. The molecule has 5 heteroatoms. The lowest BCUT2D eigenvalue weighted by Gasteiger charge is -2.03. The van der Waals surface area contributed by atoms with Crippen LogP contribution in [0.1, 0.15) is 17.7 Å². The predicted molar refractivity (Wildman–Crippen MR) is 40.9 cm³/mol. The molecule has 0 fully saturated rings. The summed E-state index contributed by atoms with van der Waals surface area (Å²) in [5.74, 6) is 0. The molecule has 12 heavy (non-hydrogen) atoms. The van der Waals surface area contributed by atoms with E-state index in [9.17, 15) is 8.78 Å². The number of alkyl halides is 2. The number of rotatable bonds is 3. The van der Waals surface area contributed by atoms with Crippen molar-refractivity contribution >= 4 is 0 Å². The molecule has 0 amide bonds. The summed E-state index contributed by atoms with van der Waals surface area (Å²) in [6.07, 6.45) is -1.00. The summed E-state index contributed by atoms with van der Waals surface area (Å²) in [6.45, 7) is 0.424. The molecule has 0 atom stereocenters. The third kappa shape index (κ3) is 1.61. The van der Waals surface area contributed by atoms with Crippen molar-refractivity contribution in [2.45, 2.75) is 13.0 Å². The molecular formula is C7H11F2N3. The van der Waals surface area contributed by atoms with Crippen LogP contribution in [0.4, 0.5) is 8.78 Å². The van der Waals surface area contributed by atoms with Gasteiger partial charge in [0.1, 0.15) is 5.69 Å². The molecule has 0 saturated heterocycles. The Hall–Kier alpha value is -0.970. The van der Waals surface area contributed by atoms with Crippen LogP contribution in [0.2, 0.25) is 0 Å². The molecule has 1 rings (SSSR count). The van der Waals surface area contributed by atoms with Gasteiger partial charge in [-0.05, 0) is 7.05 Å². The van der Waals surface area contributed by atoms with Gasteiger partial charge in [-0.2, -0.15) is 5.10 Å². The van der Waals surface area contributed by atoms with Crippen LogP contribution in [0.3, 0.4) is 0 Å². The van der Waals surface area contributed by atoms with Crippen molar-refractivity contribution in [2.24, 2.45) is 7.05 Å². The summed E-state index contributed by atoms with van der Waals surface area (Å²) in [7, 11) is 3.23. The molecule has 0 saturated carbocycles. The maximum atomic E-state index is 12.4. The van der Waals surface area contributed by atoms with Crippen molar-refractivity contribution in [1.82, 2.24) is 15.1 Å². The zero-order chi connectivity index (χ0) is 9.14. The molecule has 1 aromatic heterocycles. The number of halogens is 2. The molecule has 3 nitrogen and oxygen atoms in total. The molecule has 0 aliphatic carbocycles. The highest BCUT2D eigenvalue weighted by molar-refractivity contribution is 5.18. The van der Waals surface area contributed by atoms with Gasteiger partial charge < -0.3 is 5.32 Å². The van der Waals surface area contributed by atoms with Crippen molar-refractivity contribution < 1.29 is 8.78 Å². The predicted octanol–water partition coefficient (Wildman–Crippen LogP) is 1.08. The van der Waals surface area contributed by atoms with Gasteiger partial charge in [-0.15, -0.1) is 0 Å². The largest absolute Gasteiger partial charge is 0.316 e. The highest BCUT2D eigenvalue weighted by Crippen LogP contribution is 2.21. The minimum Gasteiger partial charge on any atom is -0.316 e. The fourth-order valence-corrected chi connectivity index (χ4v) is 1.10. The van der Waals surface area contributed by atoms with E-state index in [1.54, 1.807) is 7.05 Å². The topological polar surface area (TPSA) is 29.9 Å². The summed E-state index contributed by atoms with van der Waals surface area (Å²) in [5.41, 5.74) is 0.541. The van der Waals surface area contributed by atoms with Gasteiger partial charge >= 0.3 is 0 Å². The van der Waals surface area contributed by atoms with Gasteiger partial charge in [0, 0.05) is 19.2 Å². The zero-order valence-corrected chi connectivity index (χ0v) is 7.01. The monoisotopic (exact) mass is 175 g/mol. The van der Waals surface area contributed by atoms with Gasteiger partial charge in [-0.1, -0.05) is 0 Å². The smallest absolute Gasteiger partial charge is 0.280 e. The van der Waals surface area contributed by atoms with E-state index in [2.05, 4.69) is 10.4 Å². The van der Waals surface area contributed by atoms with Crippen molar-refractivity contribution in [3.8, 4) is 0 Å². The average Bonchev–Trinajstić information content (AvgIpc) is 2.32. The third-order valence-electron chi connectivity index (χ3n) is 1.64. The molecule has 0 spiro atoms. The van der Waals surface area contributed by atoms with Gasteiger partial charge in [-0.25, -0.2) is 8.78 Å². The Morgan fingerprint density at radius 1 is 1.67 bits per heavy atom. The molecule has 68 valence electrons. The summed E-state index contributed by atoms with van der Waals surface area (Å²) in [6, 6.07) is 0. The van der Waals surface area contributed by atoms with Gasteiger partial charge in [0.25, 0.3) is 6.43 Å². The lowest BCUT2D eigenvalue weighted by molar-refractivity contribution is 0.139. The number of nitrogens with zero attached hydrogens (tertiary/aromatic N) is 2. The standard InChI is InChI=1S/C7H11F2N3/c1-10-3-5-4-11-12(2)6(5)7(8)9/h4,7,10H,3H2,1-2H3. The van der Waals surface area contributed by atoms with Crippen molar-refractivity contribution in [3.05, 3.63) is 17.5 Å². The lowest BCUT2D eigenvalue weighted by atomic mass is 10.2. The Bertz CT molecular complexity index is 257. The van der Waals surface area contributed by atoms with Crippen LogP contribution in [0, 0.1) is 0 Å². The Kier molecular flexibility index (Phi) is 2.75. The van der Waals surface area contributed by atoms with Crippen molar-refractivity contribution in [2.75, 3.05) is 7.05 Å². The van der Waals surface area contributed by atoms with Crippen molar-refractivity contribution in [3.63, 3.8) is 0 Å². The first-order chi connectivity index (χ1) is 5.66. The lowest BCUT2D eigenvalue weighted by Crippen LogP contribution is -2.08. The number of nitrogens with one attached hydrogen (secondary N) is 1. The SMILES string of the molecule is CNCc1cnn(C)c1C(F)F. The van der Waals surface area contributed by atoms with E-state index in [-0.39, 0.29) is 5.69 Å². The van der Waals surface area contributed by atoms with Crippen LogP contribution in [0.5, 0.6) is 0 Å². The van der Waals surface area contributed by atoms with Crippen LogP contribution in [0.15, 0.2) is 6.20 Å². The van der Waals surface area contributed by atoms with E-state index in [0.717, 1.165) is 0 Å². The summed E-state index contributed by atoms with van der Waals surface area (Å²) in [4.78, 5) is 0. The fraction of sp³-hybridized carbons (Fsp3) is 0.571. The fourth-order valence-electron chi connectivity index (χ4n) is 1.10. The Morgan fingerprint density at radius 2 is 2.33 bits per heavy atom. The number of aromatic nitrogens is 2. The molecule has 1 aromatic rings. The van der Waals surface area contributed by atoms with Crippen LogP contribution in [-0.4, -0.2) is 16.8 Å². The van der Waals surface area contributed by atoms with Crippen LogP contribution in [0.25, 0.3) is 0 Å². The minimum absolute atomic E-state index is 0.00986. The van der Waals surface area contributed by atoms with Gasteiger partial charge in [0.2, 0.25) is 0 Å². The van der Waals surface area contributed by atoms with E-state index in [1.807, 2.05) is 0 Å². The second kappa shape index (κ2) is 3.62. The summed E-state index contributed by atoms with van der Waals surface area (Å²) >= 11 is 0. The minimum atomic E-state index is -2.46. The van der Waals surface area contributed by atoms with E-state index in [1.165, 1.54) is 17.9 Å². The Labute approximate surface area is 69.4 Å². The van der Waals surface area contributed by atoms with Gasteiger partial charge in [-0.3, -0.25) is 4.68 Å².